The lowest BCUT2D eigenvalue weighted by Crippen LogP contribution is -2.48. The number of hydrogen-bond donors (Lipinski definition) is 1. The van der Waals surface area contributed by atoms with Crippen molar-refractivity contribution in [1.82, 2.24) is 10.2 Å². The van der Waals surface area contributed by atoms with Gasteiger partial charge in [0.2, 0.25) is 0 Å². The van der Waals surface area contributed by atoms with E-state index in [2.05, 4.69) is 24.2 Å². The monoisotopic (exact) mass is 240 g/mol. The summed E-state index contributed by atoms with van der Waals surface area (Å²) in [4.78, 5) is 2.69. The van der Waals surface area contributed by atoms with Crippen molar-refractivity contribution in [3.05, 3.63) is 0 Å². The van der Waals surface area contributed by atoms with E-state index in [1.807, 2.05) is 0 Å². The number of likely N-dealkylation sites (tertiary alicyclic amines) is 1. The molecule has 0 aromatic rings. The number of piperidine rings is 1. The molecule has 100 valence electrons. The second-order valence-corrected chi connectivity index (χ2v) is 5.51. The fourth-order valence-corrected chi connectivity index (χ4v) is 3.40. The first-order valence-corrected chi connectivity index (χ1v) is 7.36. The zero-order valence-electron chi connectivity index (χ0n) is 11.5. The molecule has 0 aromatic heterocycles. The average Bonchev–Trinajstić information content (AvgIpc) is 2.40. The first-order valence-electron chi connectivity index (χ1n) is 7.36. The predicted octanol–water partition coefficient (Wildman–Crippen LogP) is 2.02. The van der Waals surface area contributed by atoms with Gasteiger partial charge in [-0.15, -0.1) is 0 Å². The largest absolute Gasteiger partial charge is 0.377 e. The number of nitrogens with zero attached hydrogens (tertiary/aromatic N) is 1. The summed E-state index contributed by atoms with van der Waals surface area (Å²) < 4.78 is 5.79. The van der Waals surface area contributed by atoms with E-state index in [-0.39, 0.29) is 0 Å². The lowest BCUT2D eigenvalue weighted by atomic mass is 9.89. The van der Waals surface area contributed by atoms with Gasteiger partial charge in [-0.25, -0.2) is 0 Å². The van der Waals surface area contributed by atoms with Gasteiger partial charge >= 0.3 is 0 Å². The summed E-state index contributed by atoms with van der Waals surface area (Å²) in [6.45, 7) is 5.43. The van der Waals surface area contributed by atoms with Gasteiger partial charge in [-0.2, -0.15) is 0 Å². The fourth-order valence-electron chi connectivity index (χ4n) is 3.40. The number of rotatable bonds is 4. The van der Waals surface area contributed by atoms with E-state index >= 15 is 0 Å². The standard InChI is InChI=1S/C14H28N2O/c1-3-17-14-5-4-10-16(11-14)13-8-6-12(15-2)7-9-13/h12-15H,3-11H2,1-2H3. The zero-order valence-corrected chi connectivity index (χ0v) is 11.5. The summed E-state index contributed by atoms with van der Waals surface area (Å²) in [6, 6.07) is 1.58. The van der Waals surface area contributed by atoms with Gasteiger partial charge in [0.25, 0.3) is 0 Å². The van der Waals surface area contributed by atoms with Crippen molar-refractivity contribution < 1.29 is 4.74 Å². The molecule has 0 amide bonds. The third kappa shape index (κ3) is 3.67. The smallest absolute Gasteiger partial charge is 0.0702 e. The number of ether oxygens (including phenoxy) is 1. The molecule has 17 heavy (non-hydrogen) atoms. The van der Waals surface area contributed by atoms with Crippen molar-refractivity contribution >= 4 is 0 Å². The Labute approximate surface area is 106 Å². The summed E-state index contributed by atoms with van der Waals surface area (Å²) in [5, 5.41) is 3.41. The van der Waals surface area contributed by atoms with Crippen molar-refractivity contribution in [3.8, 4) is 0 Å². The normalized spacial score (nSPS) is 36.0. The zero-order chi connectivity index (χ0) is 12.1. The molecule has 1 atom stereocenters. The molecule has 1 aliphatic carbocycles. The maximum absolute atomic E-state index is 5.79. The van der Waals surface area contributed by atoms with E-state index < -0.39 is 0 Å². The molecule has 0 radical (unpaired) electrons. The Hall–Kier alpha value is -0.120. The van der Waals surface area contributed by atoms with E-state index in [0.29, 0.717) is 6.10 Å². The first kappa shape index (κ1) is 13.3. The molecule has 1 heterocycles. The lowest BCUT2D eigenvalue weighted by Gasteiger charge is -2.41. The van der Waals surface area contributed by atoms with Gasteiger partial charge in [0.15, 0.2) is 0 Å². The molecule has 2 rings (SSSR count). The minimum absolute atomic E-state index is 0.496. The van der Waals surface area contributed by atoms with Crippen molar-refractivity contribution in [1.29, 1.82) is 0 Å². The summed E-state index contributed by atoms with van der Waals surface area (Å²) in [6.07, 6.45) is 8.49. The highest BCUT2D eigenvalue weighted by Gasteiger charge is 2.29. The maximum Gasteiger partial charge on any atom is 0.0702 e. The molecule has 0 bridgehead atoms. The van der Waals surface area contributed by atoms with Crippen molar-refractivity contribution in [2.24, 2.45) is 0 Å². The van der Waals surface area contributed by atoms with Crippen LogP contribution in [0.4, 0.5) is 0 Å². The Morgan fingerprint density at radius 1 is 1.18 bits per heavy atom. The summed E-state index contributed by atoms with van der Waals surface area (Å²) >= 11 is 0. The quantitative estimate of drug-likeness (QED) is 0.813. The third-order valence-electron chi connectivity index (χ3n) is 4.43. The van der Waals surface area contributed by atoms with Gasteiger partial charge in [-0.3, -0.25) is 4.90 Å². The van der Waals surface area contributed by atoms with E-state index in [4.69, 9.17) is 4.74 Å². The topological polar surface area (TPSA) is 24.5 Å². The Morgan fingerprint density at radius 3 is 2.59 bits per heavy atom. The molecule has 1 N–H and O–H groups in total. The van der Waals surface area contributed by atoms with E-state index in [1.165, 1.54) is 51.6 Å². The second kappa shape index (κ2) is 6.72. The van der Waals surface area contributed by atoms with E-state index in [1.54, 1.807) is 0 Å². The second-order valence-electron chi connectivity index (χ2n) is 5.51. The van der Waals surface area contributed by atoms with Crippen LogP contribution in [0.2, 0.25) is 0 Å². The van der Waals surface area contributed by atoms with E-state index in [9.17, 15) is 0 Å². The maximum atomic E-state index is 5.79. The highest BCUT2D eigenvalue weighted by Crippen LogP contribution is 2.26. The van der Waals surface area contributed by atoms with Crippen LogP contribution in [-0.2, 0) is 4.74 Å². The fraction of sp³-hybridized carbons (Fsp3) is 1.00. The van der Waals surface area contributed by atoms with Crippen LogP contribution >= 0.6 is 0 Å². The van der Waals surface area contributed by atoms with Crippen molar-refractivity contribution in [3.63, 3.8) is 0 Å². The van der Waals surface area contributed by atoms with E-state index in [0.717, 1.165) is 18.7 Å². The van der Waals surface area contributed by atoms with Crippen molar-refractivity contribution in [2.75, 3.05) is 26.7 Å². The van der Waals surface area contributed by atoms with Crippen LogP contribution in [0, 0.1) is 0 Å². The molecule has 0 aromatic carbocycles. The molecule has 1 saturated heterocycles. The van der Waals surface area contributed by atoms with Crippen LogP contribution in [0.1, 0.15) is 45.4 Å². The molecule has 3 nitrogen and oxygen atoms in total. The molecular weight excluding hydrogens is 212 g/mol. The Balaban J connectivity index is 1.77. The summed E-state index contributed by atoms with van der Waals surface area (Å²) in [7, 11) is 2.09. The molecular formula is C14H28N2O. The molecule has 2 fully saturated rings. The van der Waals surface area contributed by atoms with Gasteiger partial charge in [-0.05, 0) is 59.0 Å². The summed E-state index contributed by atoms with van der Waals surface area (Å²) in [5.74, 6) is 0. The van der Waals surface area contributed by atoms with Gasteiger partial charge in [0.05, 0.1) is 6.10 Å². The Kier molecular flexibility index (Phi) is 5.26. The Morgan fingerprint density at radius 2 is 1.94 bits per heavy atom. The highest BCUT2D eigenvalue weighted by atomic mass is 16.5. The average molecular weight is 240 g/mol. The third-order valence-corrected chi connectivity index (χ3v) is 4.43. The van der Waals surface area contributed by atoms with Crippen LogP contribution in [-0.4, -0.2) is 49.8 Å². The minimum Gasteiger partial charge on any atom is -0.377 e. The van der Waals surface area contributed by atoms with Gasteiger partial charge in [0, 0.05) is 25.2 Å². The minimum atomic E-state index is 0.496. The number of hydrogen-bond acceptors (Lipinski definition) is 3. The molecule has 1 saturated carbocycles. The highest BCUT2D eigenvalue weighted by molar-refractivity contribution is 4.85. The molecule has 1 unspecified atom stereocenters. The van der Waals surface area contributed by atoms with Crippen LogP contribution in [0.25, 0.3) is 0 Å². The van der Waals surface area contributed by atoms with Gasteiger partial charge in [-0.1, -0.05) is 0 Å². The summed E-state index contributed by atoms with van der Waals surface area (Å²) in [5.41, 5.74) is 0. The SMILES string of the molecule is CCOC1CCCN(C2CCC(NC)CC2)C1. The molecule has 3 heteroatoms. The number of nitrogens with one attached hydrogen (secondary N) is 1. The van der Waals surface area contributed by atoms with Gasteiger partial charge < -0.3 is 10.1 Å². The molecule has 2 aliphatic rings. The van der Waals surface area contributed by atoms with Crippen LogP contribution in [0.5, 0.6) is 0 Å². The van der Waals surface area contributed by atoms with Crippen LogP contribution < -0.4 is 5.32 Å². The van der Waals surface area contributed by atoms with Crippen LogP contribution in [0.3, 0.4) is 0 Å². The van der Waals surface area contributed by atoms with Gasteiger partial charge in [0.1, 0.15) is 0 Å². The first-order chi connectivity index (χ1) is 8.33. The predicted molar refractivity (Wildman–Crippen MR) is 71.3 cm³/mol. The molecule has 0 spiro atoms. The lowest BCUT2D eigenvalue weighted by molar-refractivity contribution is -0.0135. The molecule has 1 aliphatic heterocycles. The Bertz CT molecular complexity index is 212. The van der Waals surface area contributed by atoms with Crippen LogP contribution in [0.15, 0.2) is 0 Å². The van der Waals surface area contributed by atoms with Crippen molar-refractivity contribution in [2.45, 2.75) is 63.6 Å².